The summed E-state index contributed by atoms with van der Waals surface area (Å²) in [6, 6.07) is 18.1. The average Bonchev–Trinajstić information content (AvgIpc) is 2.79. The molecule has 3 rings (SSSR count). The van der Waals surface area contributed by atoms with Gasteiger partial charge in [0.2, 0.25) is 0 Å². The summed E-state index contributed by atoms with van der Waals surface area (Å²) in [6.45, 7) is 6.44. The Labute approximate surface area is 186 Å². The molecular formula is C27H31N3O. The van der Waals surface area contributed by atoms with Crippen molar-refractivity contribution in [3.8, 4) is 12.1 Å². The summed E-state index contributed by atoms with van der Waals surface area (Å²) in [4.78, 5) is 1.97. The van der Waals surface area contributed by atoms with E-state index in [9.17, 15) is 5.11 Å². The zero-order chi connectivity index (χ0) is 22.4. The van der Waals surface area contributed by atoms with Gasteiger partial charge in [-0.15, -0.1) is 0 Å². The maximum Gasteiger partial charge on any atom is 0.161 e. The molecule has 4 heteroatoms. The minimum atomic E-state index is -1.16. The van der Waals surface area contributed by atoms with E-state index in [1.165, 1.54) is 37.7 Å². The van der Waals surface area contributed by atoms with Crippen molar-refractivity contribution in [1.29, 1.82) is 10.5 Å². The summed E-state index contributed by atoms with van der Waals surface area (Å²) in [5.74, 6) is 0.644. The number of aryl methyl sites for hydroxylation is 1. The zero-order valence-electron chi connectivity index (χ0n) is 18.7. The predicted octanol–water partition coefficient (Wildman–Crippen LogP) is 6.16. The van der Waals surface area contributed by atoms with Crippen LogP contribution in [0.5, 0.6) is 0 Å². The maximum absolute atomic E-state index is 11.5. The Kier molecular flexibility index (Phi) is 7.16. The van der Waals surface area contributed by atoms with Crippen LogP contribution in [0.25, 0.3) is 6.08 Å². The molecule has 0 heterocycles. The van der Waals surface area contributed by atoms with Crippen LogP contribution in [0.4, 0.5) is 5.69 Å². The molecule has 0 aromatic heterocycles. The Bertz CT molecular complexity index is 1000. The summed E-state index contributed by atoms with van der Waals surface area (Å²) >= 11 is 0. The number of aliphatic hydroxyl groups is 1. The molecule has 0 radical (unpaired) electrons. The monoisotopic (exact) mass is 413 g/mol. The smallest absolute Gasteiger partial charge is 0.161 e. The molecule has 0 aliphatic heterocycles. The number of anilines is 1. The van der Waals surface area contributed by atoms with Gasteiger partial charge in [-0.3, -0.25) is 0 Å². The average molecular weight is 414 g/mol. The second-order valence-electron chi connectivity index (χ2n) is 8.54. The molecule has 2 aromatic rings. The Morgan fingerprint density at radius 1 is 1.10 bits per heavy atom. The standard InChI is InChI=1S/C27H31N3O/c1-4-30(26-15-12-24(20(2)16-26)17-21(18-28)19-29)27(3,31)25-13-10-23(11-14-25)22-8-6-5-7-9-22/h10-17,22,31H,4-9H2,1-3H3. The first kappa shape index (κ1) is 22.6. The van der Waals surface area contributed by atoms with Crippen LogP contribution in [0.15, 0.2) is 48.0 Å². The molecule has 0 bridgehead atoms. The summed E-state index contributed by atoms with van der Waals surface area (Å²) in [5, 5.41) is 29.5. The van der Waals surface area contributed by atoms with Crippen LogP contribution in [0.1, 0.15) is 74.1 Å². The molecule has 31 heavy (non-hydrogen) atoms. The Balaban J connectivity index is 1.87. The first-order valence-electron chi connectivity index (χ1n) is 11.1. The number of hydrogen-bond donors (Lipinski definition) is 1. The highest BCUT2D eigenvalue weighted by atomic mass is 16.3. The number of allylic oxidation sites excluding steroid dienone is 1. The van der Waals surface area contributed by atoms with E-state index >= 15 is 0 Å². The molecule has 0 saturated heterocycles. The molecule has 2 aromatic carbocycles. The van der Waals surface area contributed by atoms with Crippen molar-refractivity contribution in [2.24, 2.45) is 0 Å². The fourth-order valence-corrected chi connectivity index (χ4v) is 4.64. The minimum Gasteiger partial charge on any atom is -0.367 e. The van der Waals surface area contributed by atoms with E-state index in [1.807, 2.05) is 56.0 Å². The lowest BCUT2D eigenvalue weighted by Crippen LogP contribution is -2.44. The van der Waals surface area contributed by atoms with Crippen LogP contribution in [-0.2, 0) is 5.72 Å². The van der Waals surface area contributed by atoms with Gasteiger partial charge in [-0.05, 0) is 74.4 Å². The van der Waals surface area contributed by atoms with Crippen LogP contribution in [0.2, 0.25) is 0 Å². The van der Waals surface area contributed by atoms with Gasteiger partial charge in [0, 0.05) is 17.8 Å². The number of nitrogens with zero attached hydrogens (tertiary/aromatic N) is 3. The Morgan fingerprint density at radius 3 is 2.29 bits per heavy atom. The number of benzene rings is 2. The molecular weight excluding hydrogens is 382 g/mol. The van der Waals surface area contributed by atoms with E-state index in [-0.39, 0.29) is 5.57 Å². The van der Waals surface area contributed by atoms with Gasteiger partial charge < -0.3 is 10.0 Å². The van der Waals surface area contributed by atoms with E-state index in [0.29, 0.717) is 12.5 Å². The first-order chi connectivity index (χ1) is 14.9. The van der Waals surface area contributed by atoms with Gasteiger partial charge in [0.05, 0.1) is 0 Å². The normalized spacial score (nSPS) is 15.9. The van der Waals surface area contributed by atoms with Crippen molar-refractivity contribution < 1.29 is 5.11 Å². The Morgan fingerprint density at radius 2 is 1.74 bits per heavy atom. The molecule has 1 unspecified atom stereocenters. The van der Waals surface area contributed by atoms with Crippen LogP contribution >= 0.6 is 0 Å². The molecule has 4 nitrogen and oxygen atoms in total. The molecule has 1 aliphatic rings. The lowest BCUT2D eigenvalue weighted by atomic mass is 9.83. The lowest BCUT2D eigenvalue weighted by Gasteiger charge is -2.39. The molecule has 0 spiro atoms. The third-order valence-electron chi connectivity index (χ3n) is 6.48. The van der Waals surface area contributed by atoms with Crippen molar-refractivity contribution in [2.45, 2.75) is 64.5 Å². The van der Waals surface area contributed by atoms with Crippen LogP contribution in [-0.4, -0.2) is 11.7 Å². The van der Waals surface area contributed by atoms with Crippen molar-refractivity contribution in [3.05, 3.63) is 70.3 Å². The number of rotatable bonds is 6. The van der Waals surface area contributed by atoms with Gasteiger partial charge in [-0.1, -0.05) is 49.6 Å². The minimum absolute atomic E-state index is 0.0771. The molecule has 160 valence electrons. The second kappa shape index (κ2) is 9.82. The predicted molar refractivity (Wildman–Crippen MR) is 125 cm³/mol. The van der Waals surface area contributed by atoms with E-state index in [4.69, 9.17) is 10.5 Å². The molecule has 1 atom stereocenters. The van der Waals surface area contributed by atoms with Gasteiger partial charge in [0.15, 0.2) is 5.72 Å². The topological polar surface area (TPSA) is 71.0 Å². The van der Waals surface area contributed by atoms with Gasteiger partial charge in [0.25, 0.3) is 0 Å². The van der Waals surface area contributed by atoms with Crippen molar-refractivity contribution in [1.82, 2.24) is 0 Å². The van der Waals surface area contributed by atoms with Gasteiger partial charge >= 0.3 is 0 Å². The molecule has 1 aliphatic carbocycles. The van der Waals surface area contributed by atoms with E-state index in [2.05, 4.69) is 24.3 Å². The fraction of sp³-hybridized carbons (Fsp3) is 0.407. The van der Waals surface area contributed by atoms with Crippen LogP contribution < -0.4 is 4.90 Å². The Hall–Kier alpha value is -3.08. The highest BCUT2D eigenvalue weighted by Crippen LogP contribution is 2.35. The van der Waals surface area contributed by atoms with Crippen LogP contribution in [0, 0.1) is 29.6 Å². The van der Waals surface area contributed by atoms with E-state index in [0.717, 1.165) is 22.4 Å². The van der Waals surface area contributed by atoms with Crippen LogP contribution in [0.3, 0.4) is 0 Å². The van der Waals surface area contributed by atoms with Crippen molar-refractivity contribution in [3.63, 3.8) is 0 Å². The largest absolute Gasteiger partial charge is 0.367 e. The number of hydrogen-bond acceptors (Lipinski definition) is 4. The number of nitriles is 2. The first-order valence-corrected chi connectivity index (χ1v) is 11.1. The highest BCUT2D eigenvalue weighted by Gasteiger charge is 2.31. The molecule has 0 amide bonds. The summed E-state index contributed by atoms with van der Waals surface area (Å²) in [5.41, 5.74) is 3.83. The van der Waals surface area contributed by atoms with Gasteiger partial charge in [-0.2, -0.15) is 10.5 Å². The summed E-state index contributed by atoms with van der Waals surface area (Å²) in [7, 11) is 0. The molecule has 1 saturated carbocycles. The quantitative estimate of drug-likeness (QED) is 0.454. The van der Waals surface area contributed by atoms with E-state index in [1.54, 1.807) is 6.08 Å². The summed E-state index contributed by atoms with van der Waals surface area (Å²) in [6.07, 6.45) is 8.08. The SMILES string of the molecule is CCN(c1ccc(C=C(C#N)C#N)c(C)c1)C(C)(O)c1ccc(C2CCCCC2)cc1. The fourth-order valence-electron chi connectivity index (χ4n) is 4.64. The van der Waals surface area contributed by atoms with Crippen molar-refractivity contribution >= 4 is 11.8 Å². The summed E-state index contributed by atoms with van der Waals surface area (Å²) < 4.78 is 0. The van der Waals surface area contributed by atoms with Gasteiger partial charge in [-0.25, -0.2) is 0 Å². The third kappa shape index (κ3) is 4.98. The highest BCUT2D eigenvalue weighted by molar-refractivity contribution is 5.67. The third-order valence-corrected chi connectivity index (χ3v) is 6.48. The maximum atomic E-state index is 11.5. The zero-order valence-corrected chi connectivity index (χ0v) is 18.7. The van der Waals surface area contributed by atoms with E-state index < -0.39 is 5.72 Å². The van der Waals surface area contributed by atoms with Crippen molar-refractivity contribution in [2.75, 3.05) is 11.4 Å². The second-order valence-corrected chi connectivity index (χ2v) is 8.54. The lowest BCUT2D eigenvalue weighted by molar-refractivity contribution is 0.0537. The van der Waals surface area contributed by atoms with Gasteiger partial charge in [0.1, 0.15) is 17.7 Å². The molecule has 1 N–H and O–H groups in total. The molecule has 1 fully saturated rings.